The van der Waals surface area contributed by atoms with Crippen molar-refractivity contribution in [3.05, 3.63) is 42.5 Å². The van der Waals surface area contributed by atoms with E-state index in [1.807, 2.05) is 36.4 Å². The van der Waals surface area contributed by atoms with Gasteiger partial charge in [0.15, 0.2) is 0 Å². The topological polar surface area (TPSA) is 0 Å². The minimum Gasteiger partial charge on any atom is -0.0985 e. The molecule has 0 spiro atoms. The maximum absolute atomic E-state index is 3.63. The Hall–Kier alpha value is -0.0400. The molecule has 0 fully saturated rings. The zero-order chi connectivity index (χ0) is 5.82. The van der Waals surface area contributed by atoms with E-state index < -0.39 is 0 Å². The molecule has 0 heterocycles. The summed E-state index contributed by atoms with van der Waals surface area (Å²) in [7, 11) is 0. The molecule has 0 unspecified atom stereocenters. The SMILES string of the molecule is C=Cc1ccccc1.[Na+]. The van der Waals surface area contributed by atoms with E-state index in [1.165, 1.54) is 5.56 Å². The second kappa shape index (κ2) is 4.80. The molecule has 0 N–H and O–H groups in total. The van der Waals surface area contributed by atoms with Gasteiger partial charge >= 0.3 is 29.6 Å². The van der Waals surface area contributed by atoms with Gasteiger partial charge in [0, 0.05) is 0 Å². The molecule has 1 aromatic carbocycles. The van der Waals surface area contributed by atoms with Crippen LogP contribution in [0, 0.1) is 0 Å². The van der Waals surface area contributed by atoms with Crippen LogP contribution in [-0.2, 0) is 0 Å². The first-order valence-electron chi connectivity index (χ1n) is 2.61. The van der Waals surface area contributed by atoms with Gasteiger partial charge in [-0.2, -0.15) is 0 Å². The van der Waals surface area contributed by atoms with Gasteiger partial charge < -0.3 is 0 Å². The second-order valence-electron chi connectivity index (χ2n) is 1.61. The Labute approximate surface area is 77.9 Å². The third-order valence-corrected chi connectivity index (χ3v) is 1.04. The fourth-order valence-electron chi connectivity index (χ4n) is 0.589. The average molecular weight is 127 g/mol. The van der Waals surface area contributed by atoms with Gasteiger partial charge in [0.1, 0.15) is 0 Å². The van der Waals surface area contributed by atoms with Gasteiger partial charge in [0.2, 0.25) is 0 Å². The summed E-state index contributed by atoms with van der Waals surface area (Å²) in [4.78, 5) is 0. The molecule has 1 aromatic rings. The molecule has 0 aliphatic carbocycles. The largest absolute Gasteiger partial charge is 1.00 e. The van der Waals surface area contributed by atoms with E-state index in [1.54, 1.807) is 0 Å². The Kier molecular flexibility index (Phi) is 4.78. The predicted octanol–water partition coefficient (Wildman–Crippen LogP) is -0.666. The molecule has 0 saturated heterocycles. The summed E-state index contributed by atoms with van der Waals surface area (Å²) in [5.41, 5.74) is 1.17. The van der Waals surface area contributed by atoms with Crippen molar-refractivity contribution in [1.82, 2.24) is 0 Å². The molecule has 0 atom stereocenters. The summed E-state index contributed by atoms with van der Waals surface area (Å²) >= 11 is 0. The van der Waals surface area contributed by atoms with Crippen LogP contribution in [0.5, 0.6) is 0 Å². The standard InChI is InChI=1S/C8H8.Na/c1-2-8-6-4-3-5-7-8;/h2-7H,1H2;/q;+1. The fourth-order valence-corrected chi connectivity index (χ4v) is 0.589. The molecular formula is C8H8Na+. The summed E-state index contributed by atoms with van der Waals surface area (Å²) in [6.45, 7) is 3.63. The monoisotopic (exact) mass is 127 g/mol. The van der Waals surface area contributed by atoms with Crippen molar-refractivity contribution in [1.29, 1.82) is 0 Å². The molecule has 0 aliphatic rings. The van der Waals surface area contributed by atoms with E-state index in [0.717, 1.165) is 0 Å². The van der Waals surface area contributed by atoms with Crippen molar-refractivity contribution in [3.8, 4) is 0 Å². The molecule has 0 amide bonds. The molecule has 1 heteroatoms. The summed E-state index contributed by atoms with van der Waals surface area (Å²) < 4.78 is 0. The van der Waals surface area contributed by atoms with Crippen LogP contribution >= 0.6 is 0 Å². The maximum Gasteiger partial charge on any atom is 1.00 e. The number of hydrogen-bond donors (Lipinski definition) is 0. The summed E-state index contributed by atoms with van der Waals surface area (Å²) in [6, 6.07) is 10.0. The van der Waals surface area contributed by atoms with E-state index in [2.05, 4.69) is 6.58 Å². The van der Waals surface area contributed by atoms with E-state index in [4.69, 9.17) is 0 Å². The first kappa shape index (κ1) is 8.96. The molecular weight excluding hydrogens is 119 g/mol. The van der Waals surface area contributed by atoms with Crippen LogP contribution < -0.4 is 29.6 Å². The molecule has 40 valence electrons. The number of hydrogen-bond acceptors (Lipinski definition) is 0. The Bertz CT molecular complexity index is 167. The zero-order valence-electron chi connectivity index (χ0n) is 5.67. The summed E-state index contributed by atoms with van der Waals surface area (Å²) in [5.74, 6) is 0. The molecule has 9 heavy (non-hydrogen) atoms. The van der Waals surface area contributed by atoms with Crippen LogP contribution in [0.25, 0.3) is 6.08 Å². The quantitative estimate of drug-likeness (QED) is 0.439. The smallest absolute Gasteiger partial charge is 0.0985 e. The third kappa shape index (κ3) is 2.85. The van der Waals surface area contributed by atoms with Crippen molar-refractivity contribution >= 4 is 6.08 Å². The van der Waals surface area contributed by atoms with Crippen LogP contribution in [0.15, 0.2) is 36.9 Å². The first-order valence-corrected chi connectivity index (χ1v) is 2.61. The van der Waals surface area contributed by atoms with E-state index in [0.29, 0.717) is 0 Å². The predicted molar refractivity (Wildman–Crippen MR) is 36.5 cm³/mol. The van der Waals surface area contributed by atoms with Gasteiger partial charge in [-0.05, 0) is 5.56 Å². The molecule has 0 nitrogen and oxygen atoms in total. The van der Waals surface area contributed by atoms with Crippen molar-refractivity contribution in [2.24, 2.45) is 0 Å². The van der Waals surface area contributed by atoms with Crippen molar-refractivity contribution in [2.45, 2.75) is 0 Å². The molecule has 0 saturated carbocycles. The van der Waals surface area contributed by atoms with Gasteiger partial charge in [-0.15, -0.1) is 0 Å². The normalized spacial score (nSPS) is 7.56. The van der Waals surface area contributed by atoms with Crippen LogP contribution in [-0.4, -0.2) is 0 Å². The molecule has 0 bridgehead atoms. The summed E-state index contributed by atoms with van der Waals surface area (Å²) in [5, 5.41) is 0. The Morgan fingerprint density at radius 1 is 1.11 bits per heavy atom. The van der Waals surface area contributed by atoms with E-state index >= 15 is 0 Å². The van der Waals surface area contributed by atoms with Crippen LogP contribution in [0.2, 0.25) is 0 Å². The van der Waals surface area contributed by atoms with Gasteiger partial charge in [0.05, 0.1) is 0 Å². The van der Waals surface area contributed by atoms with Crippen molar-refractivity contribution < 1.29 is 29.6 Å². The van der Waals surface area contributed by atoms with Crippen LogP contribution in [0.4, 0.5) is 0 Å². The minimum atomic E-state index is 0. The van der Waals surface area contributed by atoms with Crippen LogP contribution in [0.3, 0.4) is 0 Å². The number of benzene rings is 1. The van der Waals surface area contributed by atoms with Crippen molar-refractivity contribution in [2.75, 3.05) is 0 Å². The molecule has 0 aliphatic heterocycles. The fraction of sp³-hybridized carbons (Fsp3) is 0. The first-order chi connectivity index (χ1) is 3.93. The molecule has 0 radical (unpaired) electrons. The Morgan fingerprint density at radius 2 is 1.67 bits per heavy atom. The molecule has 0 aromatic heterocycles. The van der Waals surface area contributed by atoms with Gasteiger partial charge in [-0.25, -0.2) is 0 Å². The Balaban J connectivity index is 0.000000640. The van der Waals surface area contributed by atoms with Gasteiger partial charge in [-0.1, -0.05) is 43.0 Å². The van der Waals surface area contributed by atoms with E-state index in [-0.39, 0.29) is 29.6 Å². The third-order valence-electron chi connectivity index (χ3n) is 1.04. The molecule has 1 rings (SSSR count). The van der Waals surface area contributed by atoms with Gasteiger partial charge in [0.25, 0.3) is 0 Å². The minimum absolute atomic E-state index is 0. The van der Waals surface area contributed by atoms with E-state index in [9.17, 15) is 0 Å². The average Bonchev–Trinajstić information content (AvgIpc) is 1.90. The van der Waals surface area contributed by atoms with Crippen LogP contribution in [0.1, 0.15) is 5.56 Å². The zero-order valence-corrected chi connectivity index (χ0v) is 7.67. The Morgan fingerprint density at radius 3 is 2.00 bits per heavy atom. The second-order valence-corrected chi connectivity index (χ2v) is 1.61. The maximum atomic E-state index is 3.63. The number of rotatable bonds is 1. The van der Waals surface area contributed by atoms with Gasteiger partial charge in [-0.3, -0.25) is 0 Å². The van der Waals surface area contributed by atoms with Crippen molar-refractivity contribution in [3.63, 3.8) is 0 Å². The summed E-state index contributed by atoms with van der Waals surface area (Å²) in [6.07, 6.45) is 1.83.